The predicted octanol–water partition coefficient (Wildman–Crippen LogP) is 6.21. The number of fused-ring (bicyclic) bond motifs is 1. The zero-order chi connectivity index (χ0) is 22.2. The molecule has 0 atom stereocenters. The Morgan fingerprint density at radius 1 is 1.16 bits per heavy atom. The molecule has 164 valence electrons. The molecule has 1 aromatic heterocycles. The Bertz CT molecular complexity index is 1050. The molecule has 0 saturated carbocycles. The maximum absolute atomic E-state index is 12.4. The second-order valence-electron chi connectivity index (χ2n) is 7.10. The van der Waals surface area contributed by atoms with Gasteiger partial charge < -0.3 is 19.2 Å². The first kappa shape index (κ1) is 23.1. The number of allylic oxidation sites excluding steroid dienone is 1. The molecule has 1 N–H and O–H groups in total. The fourth-order valence-electron chi connectivity index (χ4n) is 3.35. The van der Waals surface area contributed by atoms with Crippen LogP contribution in [0.3, 0.4) is 0 Å². The Balaban J connectivity index is 1.90. The van der Waals surface area contributed by atoms with Crippen molar-refractivity contribution in [3.8, 4) is 16.9 Å². The van der Waals surface area contributed by atoms with Crippen LogP contribution in [0.4, 0.5) is 0 Å². The van der Waals surface area contributed by atoms with E-state index < -0.39 is 0 Å². The van der Waals surface area contributed by atoms with Crippen molar-refractivity contribution >= 4 is 38.4 Å². The van der Waals surface area contributed by atoms with Crippen LogP contribution < -0.4 is 10.1 Å². The average molecular weight is 486 g/mol. The number of carbonyl (C=O) groups excluding carboxylic acids is 1. The molecule has 3 rings (SSSR count). The Kier molecular flexibility index (Phi) is 8.32. The fourth-order valence-corrected chi connectivity index (χ4v) is 3.61. The molecule has 0 spiro atoms. The third-order valence-corrected chi connectivity index (χ3v) is 5.40. The second-order valence-corrected chi connectivity index (χ2v) is 8.02. The number of hydrogen-bond acceptors (Lipinski definition) is 4. The minimum absolute atomic E-state index is 0.128. The summed E-state index contributed by atoms with van der Waals surface area (Å²) in [5, 5.41) is 3.89. The van der Waals surface area contributed by atoms with E-state index in [-0.39, 0.29) is 5.91 Å². The zero-order valence-corrected chi connectivity index (χ0v) is 19.8. The highest BCUT2D eigenvalue weighted by Crippen LogP contribution is 2.37. The third kappa shape index (κ3) is 5.99. The van der Waals surface area contributed by atoms with Gasteiger partial charge in [0.05, 0.1) is 12.9 Å². The molecule has 0 bridgehead atoms. The van der Waals surface area contributed by atoms with Crippen LogP contribution in [0, 0.1) is 0 Å². The van der Waals surface area contributed by atoms with Gasteiger partial charge in [0.15, 0.2) is 0 Å². The quantitative estimate of drug-likeness (QED) is 0.274. The average Bonchev–Trinajstić information content (AvgIpc) is 3.16. The summed E-state index contributed by atoms with van der Waals surface area (Å²) in [6.07, 6.45) is 4.16. The van der Waals surface area contributed by atoms with Crippen molar-refractivity contribution in [1.29, 1.82) is 0 Å². The number of benzene rings is 2. The van der Waals surface area contributed by atoms with E-state index in [0.717, 1.165) is 44.1 Å². The maximum atomic E-state index is 12.4. The molecule has 1 amide bonds. The van der Waals surface area contributed by atoms with E-state index in [1.165, 1.54) is 0 Å². The van der Waals surface area contributed by atoms with Gasteiger partial charge in [-0.05, 0) is 56.5 Å². The number of rotatable bonds is 10. The Morgan fingerprint density at radius 3 is 2.65 bits per heavy atom. The van der Waals surface area contributed by atoms with E-state index in [9.17, 15) is 4.79 Å². The third-order valence-electron chi connectivity index (χ3n) is 4.87. The van der Waals surface area contributed by atoms with Crippen LogP contribution in [0.25, 0.3) is 27.7 Å². The molecule has 5 nitrogen and oxygen atoms in total. The van der Waals surface area contributed by atoms with Crippen molar-refractivity contribution in [3.05, 3.63) is 58.8 Å². The van der Waals surface area contributed by atoms with Crippen molar-refractivity contribution in [2.24, 2.45) is 0 Å². The number of amides is 1. The van der Waals surface area contributed by atoms with Gasteiger partial charge in [0, 0.05) is 52.9 Å². The van der Waals surface area contributed by atoms with Crippen LogP contribution in [-0.4, -0.2) is 32.3 Å². The molecule has 0 aliphatic carbocycles. The van der Waals surface area contributed by atoms with E-state index in [1.54, 1.807) is 12.3 Å². The van der Waals surface area contributed by atoms with E-state index in [2.05, 4.69) is 21.2 Å². The van der Waals surface area contributed by atoms with Crippen molar-refractivity contribution in [3.63, 3.8) is 0 Å². The summed E-state index contributed by atoms with van der Waals surface area (Å²) >= 11 is 3.48. The molecular weight excluding hydrogens is 458 g/mol. The number of hydrogen-bond donors (Lipinski definition) is 1. The lowest BCUT2D eigenvalue weighted by molar-refractivity contribution is -0.116. The predicted molar refractivity (Wildman–Crippen MR) is 128 cm³/mol. The van der Waals surface area contributed by atoms with Crippen molar-refractivity contribution in [2.75, 3.05) is 26.4 Å². The van der Waals surface area contributed by atoms with E-state index in [0.29, 0.717) is 32.1 Å². The lowest BCUT2D eigenvalue weighted by atomic mass is 9.99. The smallest absolute Gasteiger partial charge is 0.244 e. The summed E-state index contributed by atoms with van der Waals surface area (Å²) in [7, 11) is 0. The summed E-state index contributed by atoms with van der Waals surface area (Å²) in [4.78, 5) is 12.4. The summed E-state index contributed by atoms with van der Waals surface area (Å²) in [5.74, 6) is 0.571. The van der Waals surface area contributed by atoms with E-state index >= 15 is 0 Å². The Morgan fingerprint density at radius 2 is 1.94 bits per heavy atom. The molecule has 6 heteroatoms. The Hall–Kier alpha value is -2.57. The fraction of sp³-hybridized carbons (Fsp3) is 0.320. The van der Waals surface area contributed by atoms with Crippen LogP contribution >= 0.6 is 15.9 Å². The minimum atomic E-state index is -0.128. The van der Waals surface area contributed by atoms with Gasteiger partial charge in [0.25, 0.3) is 0 Å². The second kappa shape index (κ2) is 11.2. The lowest BCUT2D eigenvalue weighted by Gasteiger charge is -2.12. The molecule has 0 saturated heterocycles. The molecule has 0 aliphatic rings. The van der Waals surface area contributed by atoms with Crippen molar-refractivity contribution in [2.45, 2.75) is 27.2 Å². The van der Waals surface area contributed by atoms with Gasteiger partial charge in [-0.15, -0.1) is 0 Å². The monoisotopic (exact) mass is 485 g/mol. The zero-order valence-electron chi connectivity index (χ0n) is 18.2. The van der Waals surface area contributed by atoms with E-state index in [1.807, 2.05) is 57.2 Å². The highest BCUT2D eigenvalue weighted by atomic mass is 79.9. The summed E-state index contributed by atoms with van der Waals surface area (Å²) in [6, 6.07) is 12.0. The summed E-state index contributed by atoms with van der Waals surface area (Å²) in [6.45, 7) is 8.25. The molecule has 0 radical (unpaired) electrons. The highest BCUT2D eigenvalue weighted by molar-refractivity contribution is 9.10. The van der Waals surface area contributed by atoms with Gasteiger partial charge in [0.1, 0.15) is 11.3 Å². The molecule has 3 aromatic rings. The molecule has 31 heavy (non-hydrogen) atoms. The van der Waals surface area contributed by atoms with Gasteiger partial charge in [-0.3, -0.25) is 4.79 Å². The molecule has 2 aromatic carbocycles. The topological polar surface area (TPSA) is 60.7 Å². The van der Waals surface area contributed by atoms with Gasteiger partial charge in [-0.2, -0.15) is 0 Å². The van der Waals surface area contributed by atoms with Gasteiger partial charge in [-0.1, -0.05) is 28.1 Å². The largest absolute Gasteiger partial charge is 0.493 e. The summed E-state index contributed by atoms with van der Waals surface area (Å²) in [5.41, 5.74) is 4.51. The first-order valence-corrected chi connectivity index (χ1v) is 11.3. The van der Waals surface area contributed by atoms with Crippen LogP contribution in [0.1, 0.15) is 32.8 Å². The first-order valence-electron chi connectivity index (χ1n) is 10.5. The molecule has 0 unspecified atom stereocenters. The van der Waals surface area contributed by atoms with Crippen LogP contribution in [0.15, 0.2) is 57.6 Å². The van der Waals surface area contributed by atoms with Gasteiger partial charge in [-0.25, -0.2) is 0 Å². The summed E-state index contributed by atoms with van der Waals surface area (Å²) < 4.78 is 18.0. The van der Waals surface area contributed by atoms with E-state index in [4.69, 9.17) is 13.9 Å². The first-order chi connectivity index (χ1) is 15.0. The highest BCUT2D eigenvalue weighted by Gasteiger charge is 2.15. The molecule has 0 fully saturated rings. The standard InChI is InChI=1S/C25H28BrNO4/c1-4-29-12-6-11-27-25(28)13-17(3)20-14-21-22(18-7-9-19(26)10-8-18)16-31-24(21)15-23(20)30-5-2/h7-10,13-16H,4-6,11-12H2,1-3H3,(H,27,28)/b17-13+. The van der Waals surface area contributed by atoms with Crippen molar-refractivity contribution in [1.82, 2.24) is 5.32 Å². The minimum Gasteiger partial charge on any atom is -0.493 e. The number of carbonyl (C=O) groups is 1. The number of furan rings is 1. The van der Waals surface area contributed by atoms with Gasteiger partial charge in [0.2, 0.25) is 5.91 Å². The number of halogens is 1. The molecule has 0 aliphatic heterocycles. The maximum Gasteiger partial charge on any atom is 0.244 e. The lowest BCUT2D eigenvalue weighted by Crippen LogP contribution is -2.23. The van der Waals surface area contributed by atoms with Crippen LogP contribution in [-0.2, 0) is 9.53 Å². The Labute approximate surface area is 191 Å². The van der Waals surface area contributed by atoms with Crippen molar-refractivity contribution < 1.29 is 18.7 Å². The van der Waals surface area contributed by atoms with Crippen LogP contribution in [0.5, 0.6) is 5.75 Å². The number of nitrogens with one attached hydrogen (secondary N) is 1. The SMILES string of the molecule is CCOCCCNC(=O)/C=C(\C)c1cc2c(-c3ccc(Br)cc3)coc2cc1OCC. The molecule has 1 heterocycles. The van der Waals surface area contributed by atoms with Crippen LogP contribution in [0.2, 0.25) is 0 Å². The molecular formula is C25H28BrNO4. The van der Waals surface area contributed by atoms with Gasteiger partial charge >= 0.3 is 0 Å². The number of ether oxygens (including phenoxy) is 2. The normalized spacial score (nSPS) is 11.7.